The van der Waals surface area contributed by atoms with Gasteiger partial charge in [-0.25, -0.2) is 4.79 Å². The molecule has 1 aliphatic carbocycles. The van der Waals surface area contributed by atoms with Gasteiger partial charge < -0.3 is 16.0 Å². The molecule has 1 saturated heterocycles. The SMILES string of the molecule is CCC(C)(C)C1CCC2(CC1)NC(=O)N(CC(=O)N(C)C(C)CN)C2=O.Cl. The van der Waals surface area contributed by atoms with Gasteiger partial charge in [0.15, 0.2) is 0 Å². The molecule has 1 aliphatic heterocycles. The van der Waals surface area contributed by atoms with E-state index in [0.717, 1.165) is 24.2 Å². The summed E-state index contributed by atoms with van der Waals surface area (Å²) >= 11 is 0. The van der Waals surface area contributed by atoms with E-state index in [9.17, 15) is 14.4 Å². The standard InChI is InChI=1S/C19H34N4O3.ClH/c1-6-18(3,4)14-7-9-19(10-8-14)16(25)23(17(26)21-19)12-15(24)22(5)13(2)11-20;/h13-14H,6-12,20H2,1-5H3,(H,21,26);1H. The van der Waals surface area contributed by atoms with Crippen molar-refractivity contribution in [3.05, 3.63) is 0 Å². The van der Waals surface area contributed by atoms with Gasteiger partial charge >= 0.3 is 6.03 Å². The first-order valence-corrected chi connectivity index (χ1v) is 9.68. The van der Waals surface area contributed by atoms with Crippen LogP contribution < -0.4 is 11.1 Å². The lowest BCUT2D eigenvalue weighted by atomic mass is 9.65. The fraction of sp³-hybridized carbons (Fsp3) is 0.842. The molecule has 2 rings (SSSR count). The number of nitrogens with zero attached hydrogens (tertiary/aromatic N) is 2. The average Bonchev–Trinajstić information content (AvgIpc) is 2.84. The molecular formula is C19H35ClN4O3. The smallest absolute Gasteiger partial charge is 0.325 e. The van der Waals surface area contributed by atoms with Gasteiger partial charge in [0.05, 0.1) is 0 Å². The number of hydrogen-bond acceptors (Lipinski definition) is 4. The molecule has 1 heterocycles. The van der Waals surface area contributed by atoms with Gasteiger partial charge in [0.1, 0.15) is 12.1 Å². The monoisotopic (exact) mass is 402 g/mol. The summed E-state index contributed by atoms with van der Waals surface area (Å²) < 4.78 is 0. The summed E-state index contributed by atoms with van der Waals surface area (Å²) in [6, 6.07) is -0.589. The Labute approximate surface area is 168 Å². The van der Waals surface area contributed by atoms with Gasteiger partial charge in [0.2, 0.25) is 5.91 Å². The third-order valence-electron chi connectivity index (χ3n) is 6.79. The maximum absolute atomic E-state index is 13.0. The fourth-order valence-corrected chi connectivity index (χ4v) is 3.99. The van der Waals surface area contributed by atoms with E-state index in [0.29, 0.717) is 25.3 Å². The Bertz CT molecular complexity index is 573. The lowest BCUT2D eigenvalue weighted by molar-refractivity contribution is -0.140. The number of carbonyl (C=O) groups excluding carboxylic acids is 3. The number of nitrogens with two attached hydrogens (primary N) is 1. The molecule has 3 N–H and O–H groups in total. The van der Waals surface area contributed by atoms with E-state index >= 15 is 0 Å². The van der Waals surface area contributed by atoms with Crippen LogP contribution in [0.1, 0.15) is 59.8 Å². The largest absolute Gasteiger partial charge is 0.340 e. The Balaban J connectivity index is 0.00000364. The zero-order valence-corrected chi connectivity index (χ0v) is 18.0. The second kappa shape index (κ2) is 8.78. The summed E-state index contributed by atoms with van der Waals surface area (Å²) in [5, 5.41) is 2.89. The van der Waals surface area contributed by atoms with Crippen LogP contribution in [-0.4, -0.2) is 59.4 Å². The molecule has 1 spiro atoms. The number of nitrogens with one attached hydrogen (secondary N) is 1. The first-order chi connectivity index (χ1) is 12.1. The minimum Gasteiger partial charge on any atom is -0.340 e. The van der Waals surface area contributed by atoms with Crippen molar-refractivity contribution >= 4 is 30.3 Å². The fourth-order valence-electron chi connectivity index (χ4n) is 3.99. The zero-order valence-electron chi connectivity index (χ0n) is 17.2. The molecule has 1 unspecified atom stereocenters. The van der Waals surface area contributed by atoms with Gasteiger partial charge in [0, 0.05) is 19.6 Å². The van der Waals surface area contributed by atoms with Crippen molar-refractivity contribution in [3.8, 4) is 0 Å². The Morgan fingerprint density at radius 3 is 2.41 bits per heavy atom. The molecular weight excluding hydrogens is 368 g/mol. The topological polar surface area (TPSA) is 95.7 Å². The molecule has 156 valence electrons. The summed E-state index contributed by atoms with van der Waals surface area (Å²) in [5.41, 5.74) is 5.01. The predicted molar refractivity (Wildman–Crippen MR) is 108 cm³/mol. The van der Waals surface area contributed by atoms with E-state index in [1.165, 1.54) is 4.90 Å². The van der Waals surface area contributed by atoms with E-state index in [4.69, 9.17) is 5.73 Å². The van der Waals surface area contributed by atoms with Crippen LogP contribution in [0, 0.1) is 11.3 Å². The average molecular weight is 403 g/mol. The zero-order chi connectivity index (χ0) is 19.7. The highest BCUT2D eigenvalue weighted by atomic mass is 35.5. The molecule has 0 radical (unpaired) electrons. The van der Waals surface area contributed by atoms with E-state index in [-0.39, 0.29) is 42.2 Å². The number of imide groups is 1. The Morgan fingerprint density at radius 2 is 1.93 bits per heavy atom. The van der Waals surface area contributed by atoms with Crippen molar-refractivity contribution in [3.63, 3.8) is 0 Å². The maximum Gasteiger partial charge on any atom is 0.325 e. The highest BCUT2D eigenvalue weighted by molar-refractivity contribution is 6.09. The minimum atomic E-state index is -0.824. The highest BCUT2D eigenvalue weighted by Crippen LogP contribution is 2.45. The quantitative estimate of drug-likeness (QED) is 0.665. The van der Waals surface area contributed by atoms with E-state index in [1.54, 1.807) is 7.05 Å². The Kier molecular flexibility index (Phi) is 7.70. The van der Waals surface area contributed by atoms with Gasteiger partial charge in [-0.2, -0.15) is 0 Å². The minimum absolute atomic E-state index is 0. The summed E-state index contributed by atoms with van der Waals surface area (Å²) in [5.74, 6) is 0.0248. The van der Waals surface area contributed by atoms with E-state index in [2.05, 4.69) is 26.1 Å². The van der Waals surface area contributed by atoms with Gasteiger partial charge in [-0.15, -0.1) is 12.4 Å². The van der Waals surface area contributed by atoms with Gasteiger partial charge in [-0.05, 0) is 43.9 Å². The van der Waals surface area contributed by atoms with Crippen LogP contribution in [0.5, 0.6) is 0 Å². The van der Waals surface area contributed by atoms with Crippen LogP contribution in [0.2, 0.25) is 0 Å². The summed E-state index contributed by atoms with van der Waals surface area (Å²) in [6.45, 7) is 8.67. The van der Waals surface area contributed by atoms with Crippen molar-refractivity contribution in [2.75, 3.05) is 20.1 Å². The summed E-state index contributed by atoms with van der Waals surface area (Å²) in [4.78, 5) is 40.3. The molecule has 7 nitrogen and oxygen atoms in total. The number of carbonyl (C=O) groups is 3. The summed E-state index contributed by atoms with van der Waals surface area (Å²) in [6.07, 6.45) is 4.21. The van der Waals surface area contributed by atoms with Crippen molar-refractivity contribution in [1.82, 2.24) is 15.1 Å². The molecule has 27 heavy (non-hydrogen) atoms. The van der Waals surface area contributed by atoms with Crippen molar-refractivity contribution < 1.29 is 14.4 Å². The first-order valence-electron chi connectivity index (χ1n) is 9.68. The molecule has 0 aromatic carbocycles. The van der Waals surface area contributed by atoms with Crippen LogP contribution in [0.4, 0.5) is 4.79 Å². The number of rotatable bonds is 6. The first kappa shape index (κ1) is 23.7. The van der Waals surface area contributed by atoms with Crippen LogP contribution in [0.3, 0.4) is 0 Å². The van der Waals surface area contributed by atoms with Crippen LogP contribution in [0.15, 0.2) is 0 Å². The normalized spacial score (nSPS) is 26.6. The number of halogens is 1. The lowest BCUT2D eigenvalue weighted by Gasteiger charge is -2.42. The molecule has 2 fully saturated rings. The molecule has 0 bridgehead atoms. The second-order valence-electron chi connectivity index (χ2n) is 8.61. The maximum atomic E-state index is 13.0. The van der Waals surface area contributed by atoms with Gasteiger partial charge in [-0.3, -0.25) is 14.5 Å². The third-order valence-corrected chi connectivity index (χ3v) is 6.79. The number of likely N-dealkylation sites (N-methyl/N-ethyl adjacent to an activating group) is 1. The molecule has 0 aromatic heterocycles. The number of urea groups is 1. The third kappa shape index (κ3) is 4.57. The molecule has 0 aromatic rings. The Morgan fingerprint density at radius 1 is 1.37 bits per heavy atom. The van der Waals surface area contributed by atoms with Crippen LogP contribution >= 0.6 is 12.4 Å². The van der Waals surface area contributed by atoms with Crippen molar-refractivity contribution in [1.29, 1.82) is 0 Å². The van der Waals surface area contributed by atoms with Crippen molar-refractivity contribution in [2.45, 2.75) is 71.4 Å². The van der Waals surface area contributed by atoms with Crippen molar-refractivity contribution in [2.24, 2.45) is 17.1 Å². The van der Waals surface area contributed by atoms with E-state index in [1.807, 2.05) is 6.92 Å². The number of hydrogen-bond donors (Lipinski definition) is 2. The van der Waals surface area contributed by atoms with Crippen LogP contribution in [0.25, 0.3) is 0 Å². The molecule has 1 atom stereocenters. The predicted octanol–water partition coefficient (Wildman–Crippen LogP) is 2.13. The lowest BCUT2D eigenvalue weighted by Crippen LogP contribution is -2.51. The van der Waals surface area contributed by atoms with E-state index < -0.39 is 11.6 Å². The van der Waals surface area contributed by atoms with Gasteiger partial charge in [0.25, 0.3) is 5.91 Å². The number of amides is 4. The summed E-state index contributed by atoms with van der Waals surface area (Å²) in [7, 11) is 1.64. The highest BCUT2D eigenvalue weighted by Gasteiger charge is 2.53. The molecule has 8 heteroatoms. The van der Waals surface area contributed by atoms with Crippen LogP contribution in [-0.2, 0) is 9.59 Å². The molecule has 1 saturated carbocycles. The second-order valence-corrected chi connectivity index (χ2v) is 8.61. The molecule has 4 amide bonds. The van der Waals surface area contributed by atoms with Gasteiger partial charge in [-0.1, -0.05) is 27.2 Å². The Hall–Kier alpha value is -1.34. The molecule has 2 aliphatic rings.